The molecule has 1 aliphatic rings. The van der Waals surface area contributed by atoms with Crippen LogP contribution >= 0.6 is 0 Å². The molecule has 1 aromatic carbocycles. The molecule has 1 heterocycles. The SMILES string of the molecule is CCOC(=O)C1OC1C(=O)N(CC(C)C)NC(=O)[C@H](CC(C)C)NC(=O)[C@H](CC(C)C)NC(=O)OCc1ccccc1. The van der Waals surface area contributed by atoms with Gasteiger partial charge in [-0.25, -0.2) is 9.59 Å². The van der Waals surface area contributed by atoms with Crippen LogP contribution in [-0.2, 0) is 40.0 Å². The number of hydrazine groups is 1. The van der Waals surface area contributed by atoms with Crippen LogP contribution in [0.25, 0.3) is 0 Å². The first-order chi connectivity index (χ1) is 19.8. The lowest BCUT2D eigenvalue weighted by atomic mass is 10.0. The van der Waals surface area contributed by atoms with Crippen LogP contribution in [0.4, 0.5) is 4.79 Å². The minimum atomic E-state index is -1.05. The number of nitrogens with zero attached hydrogens (tertiary/aromatic N) is 1. The van der Waals surface area contributed by atoms with Crippen molar-refractivity contribution in [1.82, 2.24) is 21.1 Å². The van der Waals surface area contributed by atoms with Gasteiger partial charge in [0.2, 0.25) is 5.91 Å². The summed E-state index contributed by atoms with van der Waals surface area (Å²) in [5, 5.41) is 6.50. The number of ether oxygens (including phenoxy) is 3. The molecule has 234 valence electrons. The average Bonchev–Trinajstić information content (AvgIpc) is 3.71. The molecule has 2 unspecified atom stereocenters. The molecule has 1 aromatic rings. The first-order valence-electron chi connectivity index (χ1n) is 14.5. The fraction of sp³-hybridized carbons (Fsp3) is 0.633. The van der Waals surface area contributed by atoms with Crippen LogP contribution < -0.4 is 16.1 Å². The molecular weight excluding hydrogens is 544 g/mol. The third-order valence-electron chi connectivity index (χ3n) is 6.18. The number of carbonyl (C=O) groups is 5. The van der Waals surface area contributed by atoms with Crippen molar-refractivity contribution in [3.8, 4) is 0 Å². The van der Waals surface area contributed by atoms with Crippen LogP contribution in [0.5, 0.6) is 0 Å². The number of alkyl carbamates (subject to hydrolysis) is 1. The Kier molecular flexibility index (Phi) is 13.7. The van der Waals surface area contributed by atoms with Crippen molar-refractivity contribution in [3.63, 3.8) is 0 Å². The second-order valence-corrected chi connectivity index (χ2v) is 11.6. The van der Waals surface area contributed by atoms with Gasteiger partial charge in [0.1, 0.15) is 18.7 Å². The number of benzene rings is 1. The number of epoxide rings is 1. The summed E-state index contributed by atoms with van der Waals surface area (Å²) in [6.45, 7) is 13.4. The van der Waals surface area contributed by atoms with E-state index in [-0.39, 0.29) is 43.9 Å². The summed E-state index contributed by atoms with van der Waals surface area (Å²) in [7, 11) is 0. The van der Waals surface area contributed by atoms with E-state index in [0.717, 1.165) is 10.6 Å². The summed E-state index contributed by atoms with van der Waals surface area (Å²) in [5.74, 6) is -2.31. The molecule has 1 aliphatic heterocycles. The molecule has 12 nitrogen and oxygen atoms in total. The van der Waals surface area contributed by atoms with Gasteiger partial charge in [0.05, 0.1) is 6.61 Å². The number of esters is 1. The first-order valence-corrected chi connectivity index (χ1v) is 14.5. The largest absolute Gasteiger partial charge is 0.464 e. The van der Waals surface area contributed by atoms with Crippen molar-refractivity contribution in [3.05, 3.63) is 35.9 Å². The van der Waals surface area contributed by atoms with Gasteiger partial charge in [-0.3, -0.25) is 24.8 Å². The van der Waals surface area contributed by atoms with Gasteiger partial charge in [-0.15, -0.1) is 0 Å². The van der Waals surface area contributed by atoms with Crippen molar-refractivity contribution in [2.24, 2.45) is 17.8 Å². The van der Waals surface area contributed by atoms with E-state index in [1.165, 1.54) is 0 Å². The van der Waals surface area contributed by atoms with Crippen molar-refractivity contribution in [2.45, 2.75) is 92.2 Å². The fourth-order valence-corrected chi connectivity index (χ4v) is 4.21. The van der Waals surface area contributed by atoms with E-state index in [9.17, 15) is 24.0 Å². The maximum absolute atomic E-state index is 13.4. The number of hydrogen-bond donors (Lipinski definition) is 3. The molecule has 0 aromatic heterocycles. The Morgan fingerprint density at radius 3 is 1.95 bits per heavy atom. The molecule has 0 radical (unpaired) electrons. The molecular formula is C30H46N4O8. The molecule has 0 spiro atoms. The van der Waals surface area contributed by atoms with E-state index in [2.05, 4.69) is 16.1 Å². The Hall–Kier alpha value is -3.67. The predicted molar refractivity (Wildman–Crippen MR) is 154 cm³/mol. The maximum Gasteiger partial charge on any atom is 0.408 e. The Morgan fingerprint density at radius 2 is 1.40 bits per heavy atom. The van der Waals surface area contributed by atoms with E-state index >= 15 is 0 Å². The molecule has 42 heavy (non-hydrogen) atoms. The number of amides is 4. The zero-order valence-electron chi connectivity index (χ0n) is 25.7. The van der Waals surface area contributed by atoms with Crippen LogP contribution in [0.15, 0.2) is 30.3 Å². The van der Waals surface area contributed by atoms with Gasteiger partial charge < -0.3 is 24.8 Å². The topological polar surface area (TPSA) is 156 Å². The Balaban J connectivity index is 2.10. The summed E-state index contributed by atoms with van der Waals surface area (Å²) in [5.41, 5.74) is 3.42. The van der Waals surface area contributed by atoms with Crippen LogP contribution in [0.3, 0.4) is 0 Å². The van der Waals surface area contributed by atoms with Crippen molar-refractivity contribution in [2.75, 3.05) is 13.2 Å². The predicted octanol–water partition coefficient (Wildman–Crippen LogP) is 2.70. The Labute approximate surface area is 248 Å². The van der Waals surface area contributed by atoms with E-state index in [1.807, 2.05) is 71.9 Å². The second-order valence-electron chi connectivity index (χ2n) is 11.6. The smallest absolute Gasteiger partial charge is 0.408 e. The minimum Gasteiger partial charge on any atom is -0.464 e. The van der Waals surface area contributed by atoms with E-state index in [4.69, 9.17) is 14.2 Å². The lowest BCUT2D eigenvalue weighted by Crippen LogP contribution is -2.58. The quantitative estimate of drug-likeness (QED) is 0.160. The van der Waals surface area contributed by atoms with Crippen LogP contribution in [-0.4, -0.2) is 72.2 Å². The molecule has 12 heteroatoms. The first kappa shape index (κ1) is 34.5. The molecule has 0 bridgehead atoms. The zero-order chi connectivity index (χ0) is 31.4. The number of rotatable bonds is 15. The van der Waals surface area contributed by atoms with E-state index in [0.29, 0.717) is 6.42 Å². The molecule has 1 saturated heterocycles. The summed E-state index contributed by atoms with van der Waals surface area (Å²) in [4.78, 5) is 64.4. The monoisotopic (exact) mass is 590 g/mol. The van der Waals surface area contributed by atoms with Crippen LogP contribution in [0.2, 0.25) is 0 Å². The molecule has 0 saturated carbocycles. The fourth-order valence-electron chi connectivity index (χ4n) is 4.21. The van der Waals surface area contributed by atoms with Gasteiger partial charge in [0, 0.05) is 6.54 Å². The van der Waals surface area contributed by atoms with Gasteiger partial charge in [-0.05, 0) is 43.1 Å². The van der Waals surface area contributed by atoms with Gasteiger partial charge in [-0.2, -0.15) is 0 Å². The van der Waals surface area contributed by atoms with Crippen LogP contribution in [0, 0.1) is 17.8 Å². The number of carbonyl (C=O) groups excluding carboxylic acids is 5. The van der Waals surface area contributed by atoms with Crippen molar-refractivity contribution in [1.29, 1.82) is 0 Å². The zero-order valence-corrected chi connectivity index (χ0v) is 25.7. The Morgan fingerprint density at radius 1 is 0.810 bits per heavy atom. The van der Waals surface area contributed by atoms with Gasteiger partial charge in [-0.1, -0.05) is 71.9 Å². The summed E-state index contributed by atoms with van der Waals surface area (Å²) < 4.78 is 15.5. The molecule has 4 amide bonds. The Bertz CT molecular complexity index is 1060. The lowest BCUT2D eigenvalue weighted by Gasteiger charge is -2.29. The average molecular weight is 591 g/mol. The van der Waals surface area contributed by atoms with E-state index in [1.54, 1.807) is 6.92 Å². The third-order valence-corrected chi connectivity index (χ3v) is 6.18. The lowest BCUT2D eigenvalue weighted by molar-refractivity contribution is -0.146. The highest BCUT2D eigenvalue weighted by atomic mass is 16.6. The molecule has 4 atom stereocenters. The highest BCUT2D eigenvalue weighted by Gasteiger charge is 2.53. The maximum atomic E-state index is 13.4. The molecule has 0 aliphatic carbocycles. The van der Waals surface area contributed by atoms with Gasteiger partial charge in [0.15, 0.2) is 12.2 Å². The summed E-state index contributed by atoms with van der Waals surface area (Å²) >= 11 is 0. The second kappa shape index (κ2) is 16.7. The minimum absolute atomic E-state index is 0.0163. The van der Waals surface area contributed by atoms with Gasteiger partial charge in [0.25, 0.3) is 11.8 Å². The third kappa shape index (κ3) is 11.7. The molecule has 2 rings (SSSR count). The summed E-state index contributed by atoms with van der Waals surface area (Å²) in [6.07, 6.45) is -2.23. The van der Waals surface area contributed by atoms with Crippen molar-refractivity contribution >= 4 is 29.8 Å². The standard InChI is InChI=1S/C30H46N4O8/c1-8-40-29(38)25-24(42-25)28(37)34(16-20(6)7)33-27(36)23(15-19(4)5)31-26(35)22(14-18(2)3)32-30(39)41-17-21-12-10-9-11-13-21/h9-13,18-20,22-25H,8,14-17H2,1-7H3,(H,31,35)(H,32,39)(H,33,36)/t22-,23-,24?,25?/m0/s1. The molecule has 3 N–H and O–H groups in total. The highest BCUT2D eigenvalue weighted by molar-refractivity contribution is 5.95. The number of nitrogens with one attached hydrogen (secondary N) is 3. The summed E-state index contributed by atoms with van der Waals surface area (Å²) in [6, 6.07) is 7.21. The number of hydrogen-bond acceptors (Lipinski definition) is 8. The normalized spacial score (nSPS) is 17.3. The van der Waals surface area contributed by atoms with Crippen molar-refractivity contribution < 1.29 is 38.2 Å². The van der Waals surface area contributed by atoms with E-state index < -0.39 is 54.1 Å². The van der Waals surface area contributed by atoms with Gasteiger partial charge >= 0.3 is 12.1 Å². The van der Waals surface area contributed by atoms with Crippen LogP contribution in [0.1, 0.15) is 66.9 Å². The highest BCUT2D eigenvalue weighted by Crippen LogP contribution is 2.25. The molecule has 1 fully saturated rings.